The van der Waals surface area contributed by atoms with Gasteiger partial charge in [0.1, 0.15) is 0 Å². The number of amides is 2. The van der Waals surface area contributed by atoms with Crippen molar-refractivity contribution in [2.45, 2.75) is 12.8 Å². The zero-order valence-corrected chi connectivity index (χ0v) is 13.0. The number of carbonyl (C=O) groups is 3. The van der Waals surface area contributed by atoms with Gasteiger partial charge in [-0.25, -0.2) is 0 Å². The summed E-state index contributed by atoms with van der Waals surface area (Å²) in [5, 5.41) is 0. The van der Waals surface area contributed by atoms with Crippen LogP contribution in [-0.2, 0) is 4.79 Å². The first-order valence-corrected chi connectivity index (χ1v) is 7.68. The van der Waals surface area contributed by atoms with Crippen molar-refractivity contribution in [1.82, 2.24) is 10.9 Å². The van der Waals surface area contributed by atoms with Gasteiger partial charge in [-0.2, -0.15) is 0 Å². The number of hydrogen-bond donors (Lipinski definition) is 2. The van der Waals surface area contributed by atoms with E-state index in [0.717, 1.165) is 0 Å². The maximum absolute atomic E-state index is 11.8. The normalized spacial score (nSPS) is 10.0. The largest absolute Gasteiger partial charge is 0.293 e. The number of rotatable bonds is 5. The summed E-state index contributed by atoms with van der Waals surface area (Å²) in [7, 11) is 0. The number of carbonyl (C=O) groups excluding carboxylic acids is 3. The summed E-state index contributed by atoms with van der Waals surface area (Å²) >= 11 is 6.93. The number of nitrogens with one attached hydrogen (secondary N) is 2. The molecule has 0 unspecified atom stereocenters. The van der Waals surface area contributed by atoms with Crippen molar-refractivity contribution in [3.05, 3.63) is 57.2 Å². The molecule has 0 aliphatic carbocycles. The lowest BCUT2D eigenvalue weighted by Gasteiger charge is -2.06. The molecule has 0 saturated carbocycles. The minimum absolute atomic E-state index is 0.0105. The highest BCUT2D eigenvalue weighted by Gasteiger charge is 2.12. The van der Waals surface area contributed by atoms with Crippen LogP contribution in [0.25, 0.3) is 0 Å². The van der Waals surface area contributed by atoms with Crippen LogP contribution in [0.2, 0.25) is 4.34 Å². The van der Waals surface area contributed by atoms with Crippen LogP contribution in [0, 0.1) is 0 Å². The summed E-state index contributed by atoms with van der Waals surface area (Å²) in [5.41, 5.74) is 5.01. The van der Waals surface area contributed by atoms with Crippen LogP contribution >= 0.6 is 22.9 Å². The fourth-order valence-electron chi connectivity index (χ4n) is 1.67. The minimum Gasteiger partial charge on any atom is -0.293 e. The number of halogens is 1. The van der Waals surface area contributed by atoms with Gasteiger partial charge in [0.2, 0.25) is 5.91 Å². The van der Waals surface area contributed by atoms with E-state index in [0.29, 0.717) is 14.8 Å². The van der Waals surface area contributed by atoms with E-state index in [2.05, 4.69) is 10.9 Å². The molecule has 5 nitrogen and oxygen atoms in total. The molecular weight excluding hydrogens is 324 g/mol. The Balaban J connectivity index is 1.74. The predicted octanol–water partition coefficient (Wildman–Crippen LogP) is 2.83. The van der Waals surface area contributed by atoms with Gasteiger partial charge in [0, 0.05) is 18.4 Å². The molecule has 1 aromatic carbocycles. The highest BCUT2D eigenvalue weighted by Crippen LogP contribution is 2.22. The van der Waals surface area contributed by atoms with Gasteiger partial charge in [-0.15, -0.1) is 11.3 Å². The van der Waals surface area contributed by atoms with Crippen LogP contribution < -0.4 is 10.9 Å². The molecule has 2 aromatic rings. The summed E-state index contributed by atoms with van der Waals surface area (Å²) in [5.74, 6) is -0.993. The molecule has 0 atom stereocenters. The highest BCUT2D eigenvalue weighted by molar-refractivity contribution is 7.18. The number of ketones is 1. The third kappa shape index (κ3) is 4.68. The Labute approximate surface area is 136 Å². The molecule has 0 fully saturated rings. The quantitative estimate of drug-likeness (QED) is 0.651. The Morgan fingerprint density at radius 1 is 0.955 bits per heavy atom. The molecule has 7 heteroatoms. The van der Waals surface area contributed by atoms with E-state index in [1.165, 1.54) is 11.3 Å². The Morgan fingerprint density at radius 3 is 2.32 bits per heavy atom. The molecule has 2 N–H and O–H groups in total. The van der Waals surface area contributed by atoms with E-state index in [1.54, 1.807) is 42.5 Å². The van der Waals surface area contributed by atoms with Crippen molar-refractivity contribution in [2.24, 2.45) is 0 Å². The topological polar surface area (TPSA) is 75.3 Å². The van der Waals surface area contributed by atoms with Crippen LogP contribution in [0.1, 0.15) is 32.9 Å². The van der Waals surface area contributed by atoms with E-state index in [9.17, 15) is 14.4 Å². The molecule has 1 aromatic heterocycles. The predicted molar refractivity (Wildman–Crippen MR) is 84.9 cm³/mol. The van der Waals surface area contributed by atoms with Crippen molar-refractivity contribution in [3.63, 3.8) is 0 Å². The summed E-state index contributed by atoms with van der Waals surface area (Å²) in [6.45, 7) is 0. The van der Waals surface area contributed by atoms with Gasteiger partial charge in [-0.05, 0) is 24.3 Å². The lowest BCUT2D eigenvalue weighted by Crippen LogP contribution is -2.41. The van der Waals surface area contributed by atoms with Crippen LogP contribution in [0.3, 0.4) is 0 Å². The van der Waals surface area contributed by atoms with Crippen LogP contribution in [-0.4, -0.2) is 17.6 Å². The standard InChI is InChI=1S/C15H13ClN2O3S/c16-13-8-7-12(22-13)11(19)6-9-14(20)17-18-15(21)10-4-2-1-3-5-10/h1-5,7-8H,6,9H2,(H,17,20)(H,18,21). The van der Waals surface area contributed by atoms with Crippen molar-refractivity contribution in [3.8, 4) is 0 Å². The molecule has 0 bridgehead atoms. The zero-order valence-electron chi connectivity index (χ0n) is 11.5. The molecular formula is C15H13ClN2O3S. The third-order valence-corrected chi connectivity index (χ3v) is 4.05. The van der Waals surface area contributed by atoms with E-state index in [1.807, 2.05) is 0 Å². The van der Waals surface area contributed by atoms with Gasteiger partial charge < -0.3 is 0 Å². The van der Waals surface area contributed by atoms with Crippen molar-refractivity contribution in [1.29, 1.82) is 0 Å². The van der Waals surface area contributed by atoms with E-state index < -0.39 is 11.8 Å². The second kappa shape index (κ2) is 7.72. The fourth-order valence-corrected chi connectivity index (χ4v) is 2.68. The average molecular weight is 337 g/mol. The number of hydrogen-bond acceptors (Lipinski definition) is 4. The monoisotopic (exact) mass is 336 g/mol. The van der Waals surface area contributed by atoms with Gasteiger partial charge in [0.15, 0.2) is 5.78 Å². The minimum atomic E-state index is -0.430. The summed E-state index contributed by atoms with van der Waals surface area (Å²) < 4.78 is 0.530. The van der Waals surface area contributed by atoms with Crippen molar-refractivity contribution in [2.75, 3.05) is 0 Å². The number of Topliss-reactive ketones (excluding diaryl/α,β-unsaturated/α-hetero) is 1. The lowest BCUT2D eigenvalue weighted by atomic mass is 10.2. The maximum Gasteiger partial charge on any atom is 0.269 e. The van der Waals surface area contributed by atoms with Crippen molar-refractivity contribution < 1.29 is 14.4 Å². The molecule has 2 rings (SSSR count). The number of thiophene rings is 1. The second-order valence-electron chi connectivity index (χ2n) is 4.40. The Hall–Kier alpha value is -2.18. The maximum atomic E-state index is 11.8. The van der Waals surface area contributed by atoms with Crippen LogP contribution in [0.4, 0.5) is 0 Å². The SMILES string of the molecule is O=C(CCC(=O)c1ccc(Cl)s1)NNC(=O)c1ccccc1. The molecule has 0 spiro atoms. The van der Waals surface area contributed by atoms with Crippen LogP contribution in [0.5, 0.6) is 0 Å². The van der Waals surface area contributed by atoms with Crippen LogP contribution in [0.15, 0.2) is 42.5 Å². The molecule has 1 heterocycles. The number of benzene rings is 1. The highest BCUT2D eigenvalue weighted by atomic mass is 35.5. The van der Waals surface area contributed by atoms with E-state index >= 15 is 0 Å². The lowest BCUT2D eigenvalue weighted by molar-refractivity contribution is -0.121. The number of hydrazine groups is 1. The van der Waals surface area contributed by atoms with Gasteiger partial charge in [-0.1, -0.05) is 29.8 Å². The fraction of sp³-hybridized carbons (Fsp3) is 0.133. The first-order valence-electron chi connectivity index (χ1n) is 6.49. The van der Waals surface area contributed by atoms with Gasteiger partial charge in [-0.3, -0.25) is 25.2 Å². The molecule has 22 heavy (non-hydrogen) atoms. The average Bonchev–Trinajstić information content (AvgIpc) is 2.97. The van der Waals surface area contributed by atoms with E-state index in [-0.39, 0.29) is 18.6 Å². The van der Waals surface area contributed by atoms with Gasteiger partial charge >= 0.3 is 0 Å². The van der Waals surface area contributed by atoms with Gasteiger partial charge in [0.25, 0.3) is 5.91 Å². The molecule has 0 aliphatic rings. The Morgan fingerprint density at radius 2 is 1.68 bits per heavy atom. The molecule has 0 saturated heterocycles. The van der Waals surface area contributed by atoms with Crippen molar-refractivity contribution >= 4 is 40.5 Å². The Kier molecular flexibility index (Phi) is 5.68. The molecule has 114 valence electrons. The first kappa shape index (κ1) is 16.2. The van der Waals surface area contributed by atoms with Gasteiger partial charge in [0.05, 0.1) is 9.21 Å². The summed E-state index contributed by atoms with van der Waals surface area (Å²) in [4.78, 5) is 35.7. The summed E-state index contributed by atoms with van der Waals surface area (Å²) in [6, 6.07) is 11.8. The molecule has 0 aliphatic heterocycles. The summed E-state index contributed by atoms with van der Waals surface area (Å²) in [6.07, 6.45) is 0.0489. The zero-order chi connectivity index (χ0) is 15.9. The Bertz CT molecular complexity index is 685. The second-order valence-corrected chi connectivity index (χ2v) is 6.11. The third-order valence-electron chi connectivity index (χ3n) is 2.78. The van der Waals surface area contributed by atoms with E-state index in [4.69, 9.17) is 11.6 Å². The first-order chi connectivity index (χ1) is 10.6. The molecule has 2 amide bonds. The smallest absolute Gasteiger partial charge is 0.269 e. The molecule has 0 radical (unpaired) electrons.